The Morgan fingerprint density at radius 2 is 1.79 bits per heavy atom. The molecule has 2 aromatic heterocycles. The van der Waals surface area contributed by atoms with Gasteiger partial charge in [0, 0.05) is 65.8 Å². The molecule has 2 aliphatic carbocycles. The number of benzene rings is 2. The van der Waals surface area contributed by atoms with Crippen LogP contribution < -0.4 is 10.2 Å². The first-order valence-electron chi connectivity index (χ1n) is 16.0. The van der Waals surface area contributed by atoms with E-state index < -0.39 is 0 Å². The highest BCUT2D eigenvalue weighted by Gasteiger charge is 2.33. The van der Waals surface area contributed by atoms with Gasteiger partial charge in [-0.05, 0) is 99.4 Å². The Kier molecular flexibility index (Phi) is 7.67. The van der Waals surface area contributed by atoms with Crippen molar-refractivity contribution in [1.29, 1.82) is 5.26 Å². The molecule has 8 nitrogen and oxygen atoms in total. The summed E-state index contributed by atoms with van der Waals surface area (Å²) in [6, 6.07) is 14.4. The molecule has 3 aliphatic rings. The summed E-state index contributed by atoms with van der Waals surface area (Å²) in [5.74, 6) is 0.0470. The zero-order valence-electron chi connectivity index (χ0n) is 24.7. The largest absolute Gasteiger partial charge is 0.451 e. The number of nitrogens with zero attached hydrogens (tertiary/aromatic N) is 3. The fourth-order valence-electron chi connectivity index (χ4n) is 6.85. The molecule has 0 bridgehead atoms. The topological polar surface area (TPSA) is 105 Å². The van der Waals surface area contributed by atoms with Crippen molar-refractivity contribution in [3.05, 3.63) is 65.0 Å². The van der Waals surface area contributed by atoms with Gasteiger partial charge in [-0.3, -0.25) is 19.8 Å². The van der Waals surface area contributed by atoms with Crippen LogP contribution in [0.4, 0.5) is 5.69 Å². The molecule has 0 radical (unpaired) electrons. The number of aryl methyl sites for hydroxylation is 1. The van der Waals surface area contributed by atoms with Crippen molar-refractivity contribution in [2.45, 2.75) is 63.7 Å². The number of aromatic amines is 1. The van der Waals surface area contributed by atoms with E-state index in [1.54, 1.807) is 0 Å². The summed E-state index contributed by atoms with van der Waals surface area (Å²) in [6.07, 6.45) is 11.4. The molecule has 3 heterocycles. The quantitative estimate of drug-likeness (QED) is 0.180. The van der Waals surface area contributed by atoms with E-state index in [4.69, 9.17) is 4.42 Å². The van der Waals surface area contributed by atoms with Gasteiger partial charge in [-0.1, -0.05) is 12.8 Å². The maximum absolute atomic E-state index is 13.2. The molecule has 43 heavy (non-hydrogen) atoms. The first kappa shape index (κ1) is 27.7. The minimum Gasteiger partial charge on any atom is -0.451 e. The third-order valence-corrected chi connectivity index (χ3v) is 9.95. The van der Waals surface area contributed by atoms with Gasteiger partial charge in [0.15, 0.2) is 5.76 Å². The zero-order chi connectivity index (χ0) is 29.3. The number of carbonyl (C=O) groups excluding carboxylic acids is 2. The molecule has 222 valence electrons. The summed E-state index contributed by atoms with van der Waals surface area (Å²) in [5.41, 5.74) is 5.97. The minimum atomic E-state index is -0.387. The predicted octanol–water partition coefficient (Wildman–Crippen LogP) is 6.25. The SMILES string of the molecule is N#Cc1ccc2[nH]cc(CCCCN3CCN(c4ccc5oc(C(=O)NC(=O)C6CCC6)c(C6CCC6)c5c4)CC3)c2c1. The number of amides is 2. The van der Waals surface area contributed by atoms with Crippen LogP contribution >= 0.6 is 0 Å². The average Bonchev–Trinajstić information content (AvgIpc) is 3.54. The molecule has 0 unspecified atom stereocenters. The van der Waals surface area contributed by atoms with Crippen molar-refractivity contribution >= 4 is 39.4 Å². The van der Waals surface area contributed by atoms with E-state index in [0.717, 1.165) is 118 Å². The second-order valence-corrected chi connectivity index (χ2v) is 12.6. The number of nitrogens with one attached hydrogen (secondary N) is 2. The number of unbranched alkanes of at least 4 members (excludes halogenated alkanes) is 1. The van der Waals surface area contributed by atoms with Gasteiger partial charge in [0.1, 0.15) is 5.58 Å². The number of fused-ring (bicyclic) bond motifs is 2. The molecular weight excluding hydrogens is 538 g/mol. The van der Waals surface area contributed by atoms with Crippen LogP contribution in [-0.4, -0.2) is 54.4 Å². The number of anilines is 1. The summed E-state index contributed by atoms with van der Waals surface area (Å²) in [5, 5.41) is 14.1. The lowest BCUT2D eigenvalue weighted by atomic mass is 9.78. The highest BCUT2D eigenvalue weighted by Crippen LogP contribution is 2.44. The van der Waals surface area contributed by atoms with E-state index in [1.807, 2.05) is 24.3 Å². The van der Waals surface area contributed by atoms with Crippen LogP contribution in [0.1, 0.15) is 84.5 Å². The molecule has 0 atom stereocenters. The molecule has 7 rings (SSSR count). The van der Waals surface area contributed by atoms with E-state index in [0.29, 0.717) is 17.2 Å². The highest BCUT2D eigenvalue weighted by molar-refractivity contribution is 6.07. The summed E-state index contributed by atoms with van der Waals surface area (Å²) in [4.78, 5) is 34.0. The van der Waals surface area contributed by atoms with Crippen LogP contribution in [0.5, 0.6) is 0 Å². The number of H-pyrrole nitrogens is 1. The second-order valence-electron chi connectivity index (χ2n) is 12.6. The molecule has 2 amide bonds. The van der Waals surface area contributed by atoms with Crippen molar-refractivity contribution in [3.63, 3.8) is 0 Å². The first-order valence-corrected chi connectivity index (χ1v) is 16.0. The number of piperazine rings is 1. The molecule has 2 saturated carbocycles. The van der Waals surface area contributed by atoms with Crippen molar-refractivity contribution in [3.8, 4) is 6.07 Å². The third kappa shape index (κ3) is 5.54. The Hall–Kier alpha value is -4.09. The number of aromatic nitrogens is 1. The Balaban J connectivity index is 0.961. The fraction of sp³-hybridized carbons (Fsp3) is 0.457. The number of hydrogen-bond acceptors (Lipinski definition) is 6. The van der Waals surface area contributed by atoms with Crippen LogP contribution in [0.15, 0.2) is 47.0 Å². The number of nitriles is 1. The molecule has 4 aromatic rings. The molecule has 2 aromatic carbocycles. The van der Waals surface area contributed by atoms with Crippen LogP contribution in [-0.2, 0) is 11.2 Å². The Morgan fingerprint density at radius 1 is 0.977 bits per heavy atom. The van der Waals surface area contributed by atoms with E-state index in [2.05, 4.69) is 44.5 Å². The molecular formula is C35H39N5O3. The van der Waals surface area contributed by atoms with Crippen molar-refractivity contribution in [2.24, 2.45) is 5.92 Å². The van der Waals surface area contributed by atoms with Crippen LogP contribution in [0, 0.1) is 17.2 Å². The summed E-state index contributed by atoms with van der Waals surface area (Å²) >= 11 is 0. The van der Waals surface area contributed by atoms with Gasteiger partial charge in [0.2, 0.25) is 5.91 Å². The molecule has 1 saturated heterocycles. The lowest BCUT2D eigenvalue weighted by molar-refractivity contribution is -0.126. The number of imide groups is 1. The van der Waals surface area contributed by atoms with Gasteiger partial charge in [0.05, 0.1) is 11.6 Å². The van der Waals surface area contributed by atoms with Crippen molar-refractivity contribution < 1.29 is 14.0 Å². The van der Waals surface area contributed by atoms with Crippen LogP contribution in [0.25, 0.3) is 21.9 Å². The van der Waals surface area contributed by atoms with Gasteiger partial charge < -0.3 is 14.3 Å². The van der Waals surface area contributed by atoms with Gasteiger partial charge in [0.25, 0.3) is 5.91 Å². The monoisotopic (exact) mass is 577 g/mol. The summed E-state index contributed by atoms with van der Waals surface area (Å²) < 4.78 is 6.12. The molecule has 1 aliphatic heterocycles. The zero-order valence-corrected chi connectivity index (χ0v) is 24.7. The minimum absolute atomic E-state index is 0.0380. The Morgan fingerprint density at radius 3 is 2.51 bits per heavy atom. The second kappa shape index (κ2) is 11.9. The van der Waals surface area contributed by atoms with E-state index in [1.165, 1.54) is 11.3 Å². The Labute approximate surface area is 252 Å². The molecule has 3 fully saturated rings. The first-order chi connectivity index (χ1) is 21.1. The Bertz CT molecular complexity index is 1700. The average molecular weight is 578 g/mol. The smallest absolute Gasteiger partial charge is 0.293 e. The van der Waals surface area contributed by atoms with E-state index in [-0.39, 0.29) is 17.7 Å². The van der Waals surface area contributed by atoms with Gasteiger partial charge in [-0.25, -0.2) is 0 Å². The number of rotatable bonds is 9. The van der Waals surface area contributed by atoms with Gasteiger partial charge in [-0.2, -0.15) is 5.26 Å². The van der Waals surface area contributed by atoms with E-state index in [9.17, 15) is 14.9 Å². The van der Waals surface area contributed by atoms with Gasteiger partial charge in [-0.15, -0.1) is 0 Å². The molecule has 0 spiro atoms. The number of hydrogen-bond donors (Lipinski definition) is 2. The summed E-state index contributed by atoms with van der Waals surface area (Å²) in [6.45, 7) is 5.06. The van der Waals surface area contributed by atoms with Crippen LogP contribution in [0.2, 0.25) is 0 Å². The number of furan rings is 1. The lowest BCUT2D eigenvalue weighted by Crippen LogP contribution is -2.46. The van der Waals surface area contributed by atoms with Crippen molar-refractivity contribution in [2.75, 3.05) is 37.6 Å². The molecule has 2 N–H and O–H groups in total. The maximum Gasteiger partial charge on any atom is 0.293 e. The highest BCUT2D eigenvalue weighted by atomic mass is 16.3. The van der Waals surface area contributed by atoms with Crippen molar-refractivity contribution in [1.82, 2.24) is 15.2 Å². The van der Waals surface area contributed by atoms with Crippen LogP contribution in [0.3, 0.4) is 0 Å². The molecule has 8 heteroatoms. The van der Waals surface area contributed by atoms with Gasteiger partial charge >= 0.3 is 0 Å². The van der Waals surface area contributed by atoms with E-state index >= 15 is 0 Å². The standard InChI is InChI=1S/C35H39N5O3/c36-21-23-10-12-30-28(19-23)26(22-37-30)5-1-2-14-39-15-17-40(18-16-39)27-11-13-31-29(20-27)32(24-6-3-7-24)33(43-31)35(42)38-34(41)25-8-4-9-25/h10-13,19-20,22,24-25,37H,1-9,14-18H2,(H,38,41,42). The number of carbonyl (C=O) groups is 2. The third-order valence-electron chi connectivity index (χ3n) is 9.95. The maximum atomic E-state index is 13.2. The summed E-state index contributed by atoms with van der Waals surface area (Å²) in [7, 11) is 0. The predicted molar refractivity (Wildman–Crippen MR) is 167 cm³/mol. The fourth-order valence-corrected chi connectivity index (χ4v) is 6.85. The lowest BCUT2D eigenvalue weighted by Gasteiger charge is -2.36. The normalized spacial score (nSPS) is 18.0.